The van der Waals surface area contributed by atoms with E-state index < -0.39 is 0 Å². The van der Waals surface area contributed by atoms with Gasteiger partial charge >= 0.3 is 0 Å². The van der Waals surface area contributed by atoms with Gasteiger partial charge in [0.1, 0.15) is 33.3 Å². The number of nitriles is 2. The van der Waals surface area contributed by atoms with Crippen LogP contribution in [0, 0.1) is 22.7 Å². The minimum Gasteiger partial charge on any atom is -0.389 e. The first kappa shape index (κ1) is 12.6. The number of hydrogen-bond donors (Lipinski definition) is 2. The van der Waals surface area contributed by atoms with Gasteiger partial charge in [-0.05, 0) is 12.1 Å². The lowest BCUT2D eigenvalue weighted by Crippen LogP contribution is -2.11. The molecule has 1 amide bonds. The zero-order valence-electron chi connectivity index (χ0n) is 9.68. The number of carbonyl (C=O) groups excluding carboxylic acids is 1. The minimum atomic E-state index is -0.345. The van der Waals surface area contributed by atoms with Crippen LogP contribution in [0.3, 0.4) is 0 Å². The highest BCUT2D eigenvalue weighted by Crippen LogP contribution is 2.34. The SMILES string of the molecule is N#Cc1c(N)sc(NC(=O)c2ccccc2)c1C#N. The molecule has 0 atom stereocenters. The van der Waals surface area contributed by atoms with E-state index in [0.29, 0.717) is 10.6 Å². The molecular weight excluding hydrogens is 260 g/mol. The molecule has 1 heterocycles. The number of rotatable bonds is 2. The van der Waals surface area contributed by atoms with Gasteiger partial charge in [0.15, 0.2) is 0 Å². The standard InChI is InChI=1S/C13H8N4OS/c14-6-9-10(7-15)13(19-11(9)16)17-12(18)8-4-2-1-3-5-8/h1-5H,16H2,(H,17,18). The molecule has 0 aliphatic heterocycles. The molecule has 0 bridgehead atoms. The summed E-state index contributed by atoms with van der Waals surface area (Å²) in [5.41, 5.74) is 6.32. The maximum atomic E-state index is 12.0. The molecule has 1 aromatic carbocycles. The van der Waals surface area contributed by atoms with Crippen molar-refractivity contribution in [3.05, 3.63) is 47.0 Å². The fourth-order valence-corrected chi connectivity index (χ4v) is 2.38. The fourth-order valence-electron chi connectivity index (χ4n) is 1.52. The number of amides is 1. The number of nitrogens with two attached hydrogens (primary N) is 1. The van der Waals surface area contributed by atoms with E-state index >= 15 is 0 Å². The average Bonchev–Trinajstić information content (AvgIpc) is 2.74. The van der Waals surface area contributed by atoms with Crippen LogP contribution in [0.1, 0.15) is 21.5 Å². The van der Waals surface area contributed by atoms with Gasteiger partial charge in [-0.25, -0.2) is 0 Å². The summed E-state index contributed by atoms with van der Waals surface area (Å²) < 4.78 is 0. The van der Waals surface area contributed by atoms with Crippen molar-refractivity contribution in [2.24, 2.45) is 0 Å². The molecule has 0 radical (unpaired) electrons. The molecule has 6 heteroatoms. The monoisotopic (exact) mass is 268 g/mol. The zero-order chi connectivity index (χ0) is 13.8. The molecule has 0 aliphatic rings. The van der Waals surface area contributed by atoms with Gasteiger partial charge in [0.2, 0.25) is 0 Å². The van der Waals surface area contributed by atoms with Crippen molar-refractivity contribution >= 4 is 27.2 Å². The Morgan fingerprint density at radius 2 is 1.79 bits per heavy atom. The van der Waals surface area contributed by atoms with Crippen molar-refractivity contribution < 1.29 is 4.79 Å². The summed E-state index contributed by atoms with van der Waals surface area (Å²) in [7, 11) is 0. The first-order chi connectivity index (χ1) is 9.17. The lowest BCUT2D eigenvalue weighted by Gasteiger charge is -2.02. The molecule has 0 saturated heterocycles. The summed E-state index contributed by atoms with van der Waals surface area (Å²) in [5, 5.41) is 21.1. The molecule has 0 fully saturated rings. The Hall–Kier alpha value is -2.83. The molecule has 5 nitrogen and oxygen atoms in total. The van der Waals surface area contributed by atoms with Crippen molar-refractivity contribution in [3.63, 3.8) is 0 Å². The third-order valence-electron chi connectivity index (χ3n) is 2.42. The minimum absolute atomic E-state index is 0.106. The van der Waals surface area contributed by atoms with Crippen LogP contribution in [0.4, 0.5) is 10.0 Å². The molecule has 19 heavy (non-hydrogen) atoms. The quantitative estimate of drug-likeness (QED) is 0.872. The average molecular weight is 268 g/mol. The molecule has 2 rings (SSSR count). The second-order valence-corrected chi connectivity index (χ2v) is 4.64. The predicted octanol–water partition coefficient (Wildman–Crippen LogP) is 2.33. The van der Waals surface area contributed by atoms with Gasteiger partial charge < -0.3 is 11.1 Å². The predicted molar refractivity (Wildman–Crippen MR) is 72.6 cm³/mol. The van der Waals surface area contributed by atoms with E-state index in [-0.39, 0.29) is 22.0 Å². The molecule has 0 saturated carbocycles. The number of nitrogens with one attached hydrogen (secondary N) is 1. The Balaban J connectivity index is 2.34. The van der Waals surface area contributed by atoms with Crippen molar-refractivity contribution in [2.75, 3.05) is 11.1 Å². The number of hydrogen-bond acceptors (Lipinski definition) is 5. The summed E-state index contributed by atoms with van der Waals surface area (Å²) in [4.78, 5) is 12.0. The summed E-state index contributed by atoms with van der Waals surface area (Å²) in [6.45, 7) is 0. The van der Waals surface area contributed by atoms with E-state index in [1.165, 1.54) is 0 Å². The molecule has 0 unspecified atom stereocenters. The van der Waals surface area contributed by atoms with Crippen LogP contribution in [-0.4, -0.2) is 5.91 Å². The third-order valence-corrected chi connectivity index (χ3v) is 3.36. The first-order valence-electron chi connectivity index (χ1n) is 5.26. The van der Waals surface area contributed by atoms with E-state index in [2.05, 4.69) is 5.32 Å². The van der Waals surface area contributed by atoms with Crippen molar-refractivity contribution in [1.82, 2.24) is 0 Å². The largest absolute Gasteiger partial charge is 0.389 e. The summed E-state index contributed by atoms with van der Waals surface area (Å²) in [6, 6.07) is 12.3. The number of anilines is 2. The number of nitrogen functional groups attached to an aromatic ring is 1. The Morgan fingerprint density at radius 1 is 1.16 bits per heavy atom. The number of thiophene rings is 1. The Labute approximate surface area is 113 Å². The van der Waals surface area contributed by atoms with Crippen molar-refractivity contribution in [1.29, 1.82) is 10.5 Å². The maximum absolute atomic E-state index is 12.0. The highest BCUT2D eigenvalue weighted by molar-refractivity contribution is 7.20. The lowest BCUT2D eigenvalue weighted by atomic mass is 10.2. The molecule has 3 N–H and O–H groups in total. The highest BCUT2D eigenvalue weighted by atomic mass is 32.1. The molecule has 0 spiro atoms. The van der Waals surface area contributed by atoms with Crippen LogP contribution in [0.15, 0.2) is 30.3 Å². The second kappa shape index (κ2) is 5.21. The smallest absolute Gasteiger partial charge is 0.256 e. The van der Waals surface area contributed by atoms with Crippen LogP contribution >= 0.6 is 11.3 Å². The van der Waals surface area contributed by atoms with E-state index in [1.54, 1.807) is 30.3 Å². The number of nitrogens with zero attached hydrogens (tertiary/aromatic N) is 2. The van der Waals surface area contributed by atoms with Crippen LogP contribution in [0.2, 0.25) is 0 Å². The fraction of sp³-hybridized carbons (Fsp3) is 0. The van der Waals surface area contributed by atoms with E-state index in [1.807, 2.05) is 12.1 Å². The Bertz CT molecular complexity index is 707. The van der Waals surface area contributed by atoms with E-state index in [4.69, 9.17) is 16.3 Å². The van der Waals surface area contributed by atoms with Gasteiger partial charge in [0, 0.05) is 5.56 Å². The summed E-state index contributed by atoms with van der Waals surface area (Å²) in [5.74, 6) is -0.345. The number of carbonyl (C=O) groups is 1. The van der Waals surface area contributed by atoms with Gasteiger partial charge in [-0.15, -0.1) is 0 Å². The molecule has 2 aromatic rings. The van der Waals surface area contributed by atoms with Crippen LogP contribution in [-0.2, 0) is 0 Å². The lowest BCUT2D eigenvalue weighted by molar-refractivity contribution is 0.102. The van der Waals surface area contributed by atoms with E-state index in [0.717, 1.165) is 11.3 Å². The van der Waals surface area contributed by atoms with Gasteiger partial charge in [-0.2, -0.15) is 10.5 Å². The normalized spacial score (nSPS) is 9.37. The number of benzene rings is 1. The van der Waals surface area contributed by atoms with E-state index in [9.17, 15) is 4.79 Å². The summed E-state index contributed by atoms with van der Waals surface area (Å²) >= 11 is 1.01. The molecular formula is C13H8N4OS. The van der Waals surface area contributed by atoms with Crippen molar-refractivity contribution in [3.8, 4) is 12.1 Å². The van der Waals surface area contributed by atoms with Crippen LogP contribution in [0.5, 0.6) is 0 Å². The Kier molecular flexibility index (Phi) is 3.46. The highest BCUT2D eigenvalue weighted by Gasteiger charge is 2.18. The van der Waals surface area contributed by atoms with Crippen LogP contribution in [0.25, 0.3) is 0 Å². The van der Waals surface area contributed by atoms with Gasteiger partial charge in [-0.1, -0.05) is 29.5 Å². The van der Waals surface area contributed by atoms with Gasteiger partial charge in [-0.3, -0.25) is 4.79 Å². The topological polar surface area (TPSA) is 103 Å². The third kappa shape index (κ3) is 2.39. The zero-order valence-corrected chi connectivity index (χ0v) is 10.5. The summed E-state index contributed by atoms with van der Waals surface area (Å²) in [6.07, 6.45) is 0. The Morgan fingerprint density at radius 3 is 2.37 bits per heavy atom. The first-order valence-corrected chi connectivity index (χ1v) is 6.08. The molecule has 92 valence electrons. The van der Waals surface area contributed by atoms with Crippen molar-refractivity contribution in [2.45, 2.75) is 0 Å². The molecule has 1 aromatic heterocycles. The van der Waals surface area contributed by atoms with Crippen LogP contribution < -0.4 is 11.1 Å². The van der Waals surface area contributed by atoms with Gasteiger partial charge in [0.05, 0.1) is 0 Å². The second-order valence-electron chi connectivity index (χ2n) is 3.59. The van der Waals surface area contributed by atoms with Gasteiger partial charge in [0.25, 0.3) is 5.91 Å². The maximum Gasteiger partial charge on any atom is 0.256 e. The molecule has 0 aliphatic carbocycles.